The SMILES string of the molecule is c1ccc2cc3cc4c(cc3cc2c1)[C@H]1C[C@@H]4[C@@H]2[C@@H]3CC[C@@H](C4=C(C3)CC35c6c7c8c9c%10c%11c(c%12c%13c3c3c6c6c%14c7c7c8c8c%10c%10c%15c%11c%11c%12c%12c%13c%13c3c3c6c6c%14c%14c7c7c8c%10c8c%10c%15c%11c%11c%12c%12c%13c3c3c6c6c%14c7c8c7c%10c%11c%12c3c67)C95C4)[C@@H]21. The lowest BCUT2D eigenvalue weighted by Gasteiger charge is -2.58. The average molecular weight is 1080 g/mol. The number of hydrogen-bond acceptors (Lipinski definition) is 0. The van der Waals surface area contributed by atoms with E-state index in [1.54, 1.807) is 302 Å². The third-order valence-electron chi connectivity index (χ3n) is 33.5. The van der Waals surface area contributed by atoms with Crippen LogP contribution in [-0.4, -0.2) is 0 Å². The predicted molar refractivity (Wildman–Crippen MR) is 369 cm³/mol. The first-order chi connectivity index (χ1) is 43.8. The molecule has 0 aliphatic heterocycles. The van der Waals surface area contributed by atoms with E-state index in [0.29, 0.717) is 17.8 Å². The summed E-state index contributed by atoms with van der Waals surface area (Å²) in [6, 6.07) is 19.7. The van der Waals surface area contributed by atoms with Crippen LogP contribution in [0.1, 0.15) is 83.7 Å². The van der Waals surface area contributed by atoms with Crippen LogP contribution in [0.5, 0.6) is 0 Å². The fourth-order valence-electron chi connectivity index (χ4n) is 33.1. The molecule has 10 aliphatic rings. The molecule has 0 unspecified atom stereocenters. The zero-order valence-electron chi connectivity index (χ0n) is 46.3. The first-order valence-electron chi connectivity index (χ1n) is 34.2. The van der Waals surface area contributed by atoms with Gasteiger partial charge in [0.15, 0.2) is 0 Å². The molecule has 88 heavy (non-hydrogen) atoms. The monoisotopic (exact) mass is 1080 g/mol. The predicted octanol–water partition coefficient (Wildman–Crippen LogP) is 23.6. The van der Waals surface area contributed by atoms with E-state index >= 15 is 0 Å². The normalized spacial score (nSPS) is 28.0. The molecule has 2 spiro atoms. The van der Waals surface area contributed by atoms with Crippen LogP contribution in [0.2, 0.25) is 0 Å². The first kappa shape index (κ1) is 34.7. The minimum atomic E-state index is -0.179. The van der Waals surface area contributed by atoms with Crippen LogP contribution >= 0.6 is 0 Å². The Morgan fingerprint density at radius 3 is 0.830 bits per heavy atom. The summed E-state index contributed by atoms with van der Waals surface area (Å²) in [5.41, 5.74) is 14.7. The van der Waals surface area contributed by atoms with Gasteiger partial charge in [-0.1, -0.05) is 47.5 Å². The van der Waals surface area contributed by atoms with Crippen molar-refractivity contribution >= 4 is 312 Å². The Hall–Kier alpha value is -9.62. The number of benzene rings is 21. The molecule has 10 aliphatic carbocycles. The van der Waals surface area contributed by atoms with Crippen LogP contribution in [0.3, 0.4) is 0 Å². The quantitative estimate of drug-likeness (QED) is 0.0807. The van der Waals surface area contributed by atoms with Gasteiger partial charge in [-0.15, -0.1) is 0 Å². The van der Waals surface area contributed by atoms with Crippen molar-refractivity contribution in [1.82, 2.24) is 0 Å². The van der Waals surface area contributed by atoms with E-state index in [1.807, 2.05) is 33.4 Å². The molecule has 0 saturated heterocycles. The third kappa shape index (κ3) is 2.07. The average Bonchev–Trinajstić information content (AvgIpc) is 1.38. The molecule has 31 aromatic rings. The summed E-state index contributed by atoms with van der Waals surface area (Å²) in [7, 11) is 0. The Morgan fingerprint density at radius 2 is 0.523 bits per heavy atom. The maximum absolute atomic E-state index is 2.75. The molecule has 0 heteroatoms. The molecule has 41 rings (SSSR count). The van der Waals surface area contributed by atoms with Gasteiger partial charge in [0.05, 0.1) is 0 Å². The molecule has 0 heterocycles. The minimum Gasteiger partial charge on any atom is -0.0691 e. The molecular weight excluding hydrogens is 1060 g/mol. The van der Waals surface area contributed by atoms with Crippen LogP contribution < -0.4 is 0 Å². The van der Waals surface area contributed by atoms with Crippen molar-refractivity contribution in [2.75, 3.05) is 0 Å². The highest BCUT2D eigenvalue weighted by Gasteiger charge is 2.73. The van der Waals surface area contributed by atoms with E-state index in [1.165, 1.54) is 60.1 Å². The summed E-state index contributed by atoms with van der Waals surface area (Å²) < 4.78 is 0. The zero-order chi connectivity index (χ0) is 52.5. The summed E-state index contributed by atoms with van der Waals surface area (Å²) in [6.07, 6.45) is 8.04. The van der Waals surface area contributed by atoms with Crippen molar-refractivity contribution in [3.05, 3.63) is 93.1 Å². The Morgan fingerprint density at radius 1 is 0.250 bits per heavy atom. The van der Waals surface area contributed by atoms with Crippen molar-refractivity contribution in [3.8, 4) is 0 Å². The largest absolute Gasteiger partial charge is 0.0691 e. The summed E-state index contributed by atoms with van der Waals surface area (Å²) >= 11 is 0. The molecule has 0 N–H and O–H groups in total. The molecule has 2 saturated carbocycles. The summed E-state index contributed by atoms with van der Waals surface area (Å²) in [4.78, 5) is 0. The zero-order valence-corrected chi connectivity index (χ0v) is 46.3. The van der Waals surface area contributed by atoms with Crippen LogP contribution in [0.4, 0.5) is 0 Å². The van der Waals surface area contributed by atoms with E-state index in [4.69, 9.17) is 0 Å². The molecular formula is C88H26. The topological polar surface area (TPSA) is 0 Å². The smallest absolute Gasteiger partial charge is 0.0406 e. The highest BCUT2D eigenvalue weighted by atomic mass is 14.7. The van der Waals surface area contributed by atoms with Crippen LogP contribution in [0.15, 0.2) is 59.7 Å². The van der Waals surface area contributed by atoms with Gasteiger partial charge in [-0.05, 0) is 432 Å². The highest BCUT2D eigenvalue weighted by Crippen LogP contribution is 2.87. The van der Waals surface area contributed by atoms with Crippen LogP contribution in [0.25, 0.3) is 312 Å². The first-order valence-corrected chi connectivity index (χ1v) is 34.2. The van der Waals surface area contributed by atoms with Gasteiger partial charge >= 0.3 is 0 Å². The van der Waals surface area contributed by atoms with Crippen molar-refractivity contribution in [1.29, 1.82) is 0 Å². The highest BCUT2D eigenvalue weighted by molar-refractivity contribution is 6.82. The summed E-state index contributed by atoms with van der Waals surface area (Å²) in [6.45, 7) is 0. The maximum atomic E-state index is 2.75. The lowest BCUT2D eigenvalue weighted by Crippen LogP contribution is -2.55. The second-order valence-corrected chi connectivity index (χ2v) is 33.8. The van der Waals surface area contributed by atoms with Gasteiger partial charge in [0.25, 0.3) is 0 Å². The second kappa shape index (κ2) is 8.36. The fraction of sp³-hybridized carbons (Fsp3) is 0.159. The summed E-state index contributed by atoms with van der Waals surface area (Å²) in [5.74, 6) is 4.33. The molecule has 0 aromatic heterocycles. The van der Waals surface area contributed by atoms with Crippen LogP contribution in [-0.2, 0) is 10.8 Å². The van der Waals surface area contributed by atoms with Gasteiger partial charge in [0.1, 0.15) is 0 Å². The fourth-order valence-corrected chi connectivity index (χ4v) is 33.1. The van der Waals surface area contributed by atoms with E-state index in [9.17, 15) is 0 Å². The molecule has 2 fully saturated rings. The van der Waals surface area contributed by atoms with Gasteiger partial charge in [-0.2, -0.15) is 0 Å². The Balaban J connectivity index is 0.820. The van der Waals surface area contributed by atoms with E-state index < -0.39 is 0 Å². The third-order valence-corrected chi connectivity index (χ3v) is 33.5. The van der Waals surface area contributed by atoms with Crippen LogP contribution in [0, 0.1) is 23.7 Å². The van der Waals surface area contributed by atoms with Gasteiger partial charge < -0.3 is 0 Å². The molecule has 0 nitrogen and oxygen atoms in total. The van der Waals surface area contributed by atoms with E-state index in [2.05, 4.69) is 48.5 Å². The second-order valence-electron chi connectivity index (χ2n) is 33.8. The van der Waals surface area contributed by atoms with Crippen molar-refractivity contribution in [3.63, 3.8) is 0 Å². The number of allylic oxidation sites excluding steroid dienone is 2. The Kier molecular flexibility index (Phi) is 3.29. The van der Waals surface area contributed by atoms with Crippen molar-refractivity contribution in [2.24, 2.45) is 23.7 Å². The Labute approximate surface area is 487 Å². The van der Waals surface area contributed by atoms with Gasteiger partial charge in [0.2, 0.25) is 0 Å². The van der Waals surface area contributed by atoms with Gasteiger partial charge in [-0.25, -0.2) is 0 Å². The van der Waals surface area contributed by atoms with Crippen molar-refractivity contribution < 1.29 is 0 Å². The van der Waals surface area contributed by atoms with Gasteiger partial charge in [0, 0.05) is 10.8 Å². The number of hydrogen-bond donors (Lipinski definition) is 0. The minimum absolute atomic E-state index is 0.169. The van der Waals surface area contributed by atoms with Gasteiger partial charge in [-0.3, -0.25) is 0 Å². The lowest BCUT2D eigenvalue weighted by atomic mass is 9.42. The standard InChI is InChI=1S/C88H26/c1-2-4-16-8-19-11-23-22(10-18(19)7-15(16)3-1)24-12-25(23)28-21-6-5-17(27(24)28)9-20-13-87-83-75-67-57-47-39-31-29-30-33-37-35(31)43-51-45(37)55-49-41(33)42-34(30)38-36-32(29)40(39)48-54-44(36)52-46(38)56-50(42)60-59(49)69-63(55)73-65(51)71(61(67)53(43)47)77(83)81(73)85-79(69)80-70(60)64(56)74-66(52)72-62(54)68(58(48)57)76(75)84(87)78(72)82(74)86(80)88(85,87)14-26(20)21/h1-4,7-8,10-11,17,21,24-25,27-28H,5-6,9,12-14H2/t17-,21+,24+,25-,27+,28-,87?,88?/m1/s1. The number of fused-ring (bicyclic) bond motifs is 8. The maximum Gasteiger partial charge on any atom is 0.0406 e. The lowest BCUT2D eigenvalue weighted by molar-refractivity contribution is 0.115. The molecule has 6 atom stereocenters. The Bertz CT molecular complexity index is 8600. The molecule has 4 bridgehead atoms. The summed E-state index contributed by atoms with van der Waals surface area (Å²) in [5, 5.41) is 98.7. The molecule has 0 radical (unpaired) electrons. The number of rotatable bonds is 0. The molecule has 378 valence electrons. The van der Waals surface area contributed by atoms with E-state index in [0.717, 1.165) is 17.8 Å². The van der Waals surface area contributed by atoms with E-state index in [-0.39, 0.29) is 10.8 Å². The van der Waals surface area contributed by atoms with Crippen molar-refractivity contribution in [2.45, 2.75) is 61.2 Å². The molecule has 31 aromatic carbocycles. The molecule has 0 amide bonds.